The van der Waals surface area contributed by atoms with E-state index in [-0.39, 0.29) is 29.2 Å². The van der Waals surface area contributed by atoms with Crippen LogP contribution in [0, 0.1) is 17.0 Å². The van der Waals surface area contributed by atoms with Crippen LogP contribution < -0.4 is 5.73 Å². The van der Waals surface area contributed by atoms with Crippen molar-refractivity contribution in [1.29, 1.82) is 0 Å². The zero-order chi connectivity index (χ0) is 16.3. The highest BCUT2D eigenvalue weighted by Gasteiger charge is 2.36. The number of likely N-dealkylation sites (tertiary alicyclic amines) is 1. The number of ketones is 1. The molecule has 0 amide bonds. The molecule has 5 unspecified atom stereocenters. The Labute approximate surface area is 131 Å². The van der Waals surface area contributed by atoms with Crippen molar-refractivity contribution in [3.63, 3.8) is 0 Å². The fourth-order valence-corrected chi connectivity index (χ4v) is 3.69. The molecule has 2 rings (SSSR count). The van der Waals surface area contributed by atoms with Gasteiger partial charge in [0.1, 0.15) is 5.78 Å². The monoisotopic (exact) mass is 314 g/mol. The Morgan fingerprint density at radius 2 is 2.14 bits per heavy atom. The van der Waals surface area contributed by atoms with Gasteiger partial charge in [0.15, 0.2) is 0 Å². The van der Waals surface area contributed by atoms with Crippen LogP contribution in [0.3, 0.4) is 0 Å². The number of ether oxygens (including phenoxy) is 1. The number of nitrogens with zero attached hydrogens (tertiary/aromatic N) is 2. The predicted molar refractivity (Wildman–Crippen MR) is 81.9 cm³/mol. The minimum absolute atomic E-state index is 0.0533. The highest BCUT2D eigenvalue weighted by Crippen LogP contribution is 2.30. The first kappa shape index (κ1) is 17.8. The summed E-state index contributed by atoms with van der Waals surface area (Å²) in [5.41, 5.74) is 6.09. The number of hydrogen-bond acceptors (Lipinski definition) is 7. The largest absolute Gasteiger partial charge is 0.762 e. The first-order valence-corrected chi connectivity index (χ1v) is 8.12. The van der Waals surface area contributed by atoms with Gasteiger partial charge in [-0.25, -0.2) is 0 Å². The van der Waals surface area contributed by atoms with E-state index in [1.165, 1.54) is 7.11 Å². The molecule has 1 saturated heterocycles. The summed E-state index contributed by atoms with van der Waals surface area (Å²) < 4.78 is 5.23. The summed E-state index contributed by atoms with van der Waals surface area (Å²) in [6, 6.07) is -0.665. The lowest BCUT2D eigenvalue weighted by Gasteiger charge is -2.42. The maximum absolute atomic E-state index is 12.5. The molecular weight excluding hydrogens is 286 g/mol. The summed E-state index contributed by atoms with van der Waals surface area (Å²) >= 11 is 0. The number of rotatable bonds is 5. The van der Waals surface area contributed by atoms with E-state index in [4.69, 9.17) is 10.5 Å². The van der Waals surface area contributed by atoms with E-state index in [0.29, 0.717) is 31.7 Å². The van der Waals surface area contributed by atoms with Crippen LogP contribution in [0.5, 0.6) is 0 Å². The Hall–Kier alpha value is -0.570. The summed E-state index contributed by atoms with van der Waals surface area (Å²) in [5.74, 6) is 0.467. The van der Waals surface area contributed by atoms with E-state index < -0.39 is 6.04 Å². The number of carbonyl (C=O) groups is 1. The number of nitrogens with two attached hydrogens (primary N) is 1. The summed E-state index contributed by atoms with van der Waals surface area (Å²) in [4.78, 5) is 14.6. The van der Waals surface area contributed by atoms with Gasteiger partial charge < -0.3 is 20.9 Å². The lowest BCUT2D eigenvalue weighted by Crippen LogP contribution is -2.52. The van der Waals surface area contributed by atoms with Crippen LogP contribution in [-0.2, 0) is 9.53 Å². The minimum Gasteiger partial charge on any atom is -0.762 e. The van der Waals surface area contributed by atoms with Crippen LogP contribution >= 0.6 is 0 Å². The fourth-order valence-electron chi connectivity index (χ4n) is 3.69. The fraction of sp³-hybridized carbons (Fsp3) is 0.933. The van der Waals surface area contributed by atoms with Crippen LogP contribution in [0.4, 0.5) is 0 Å². The number of hydrogen-bond donors (Lipinski definition) is 2. The first-order valence-electron chi connectivity index (χ1n) is 8.12. The third-order valence-electron chi connectivity index (χ3n) is 5.13. The summed E-state index contributed by atoms with van der Waals surface area (Å²) in [5, 5.41) is 20.5. The molecule has 2 fully saturated rings. The summed E-state index contributed by atoms with van der Waals surface area (Å²) in [6.07, 6.45) is 3.29. The van der Waals surface area contributed by atoms with Gasteiger partial charge in [-0.3, -0.25) is 14.9 Å². The summed E-state index contributed by atoms with van der Waals surface area (Å²) in [7, 11) is 1.53. The molecule has 1 aliphatic carbocycles. The number of carbonyl (C=O) groups excluding carboxylic acids is 1. The van der Waals surface area contributed by atoms with Crippen molar-refractivity contribution in [3.05, 3.63) is 5.21 Å². The zero-order valence-electron chi connectivity index (χ0n) is 13.5. The maximum atomic E-state index is 12.5. The lowest BCUT2D eigenvalue weighted by atomic mass is 9.81. The van der Waals surface area contributed by atoms with Gasteiger partial charge in [-0.1, -0.05) is 6.92 Å². The van der Waals surface area contributed by atoms with Crippen LogP contribution in [0.1, 0.15) is 39.0 Å². The second kappa shape index (κ2) is 7.81. The van der Waals surface area contributed by atoms with E-state index in [1.54, 1.807) is 0 Å². The molecule has 0 radical (unpaired) electrons. The smallest absolute Gasteiger partial charge is 0.150 e. The highest BCUT2D eigenvalue weighted by atomic mass is 16.8. The van der Waals surface area contributed by atoms with Gasteiger partial charge in [-0.2, -0.15) is 0 Å². The van der Waals surface area contributed by atoms with E-state index in [2.05, 4.69) is 6.92 Å². The summed E-state index contributed by atoms with van der Waals surface area (Å²) in [6.45, 7) is 3.35. The van der Waals surface area contributed by atoms with Gasteiger partial charge >= 0.3 is 0 Å². The molecule has 2 aliphatic rings. The van der Waals surface area contributed by atoms with Gasteiger partial charge in [-0.15, -0.1) is 0 Å². The number of Topliss-reactive ketones (excluding diaryl/α,β-unsaturated/α-hetero) is 1. The van der Waals surface area contributed by atoms with Gasteiger partial charge in [0.05, 0.1) is 18.8 Å². The van der Waals surface area contributed by atoms with E-state index in [0.717, 1.165) is 19.4 Å². The van der Waals surface area contributed by atoms with Crippen molar-refractivity contribution in [2.24, 2.45) is 17.6 Å². The third kappa shape index (κ3) is 4.24. The topological polar surface area (TPSA) is 102 Å². The molecule has 0 bridgehead atoms. The van der Waals surface area contributed by atoms with Crippen LogP contribution in [-0.4, -0.2) is 59.6 Å². The Kier molecular flexibility index (Phi) is 6.31. The molecule has 1 aliphatic heterocycles. The molecule has 7 heteroatoms. The average Bonchev–Trinajstić information content (AvgIpc) is 2.50. The molecule has 7 nitrogen and oxygen atoms in total. The third-order valence-corrected chi connectivity index (χ3v) is 5.13. The van der Waals surface area contributed by atoms with Crippen molar-refractivity contribution in [1.82, 2.24) is 10.1 Å². The number of piperidine rings is 1. The normalized spacial score (nSPS) is 37.5. The number of hydroxylamine groups is 2. The first-order chi connectivity index (χ1) is 10.4. The standard InChI is InChI=1S/C15H28N3O4/c1-10-3-6-15(16)17(8-10)9-13(19)11-4-5-14(22-2)12(7-11)18(20)21/h10-12,14-15,20H,3-9,16H2,1-2H3/q-1. The van der Waals surface area contributed by atoms with Gasteiger partial charge in [0.2, 0.25) is 0 Å². The number of methoxy groups -OCH3 is 1. The highest BCUT2D eigenvalue weighted by molar-refractivity contribution is 5.83. The Morgan fingerprint density at radius 1 is 1.41 bits per heavy atom. The molecule has 0 spiro atoms. The molecule has 1 heterocycles. The second-order valence-corrected chi connectivity index (χ2v) is 6.80. The molecule has 22 heavy (non-hydrogen) atoms. The van der Waals surface area contributed by atoms with Gasteiger partial charge in [0, 0.05) is 25.6 Å². The lowest BCUT2D eigenvalue weighted by molar-refractivity contribution is -0.148. The van der Waals surface area contributed by atoms with Gasteiger partial charge in [-0.05, 0) is 38.0 Å². The SMILES string of the molecule is COC1CCC(C(=O)CN2CC(C)CCC2N)CC1N([O-])O. The van der Waals surface area contributed by atoms with Gasteiger partial charge in [0.25, 0.3) is 0 Å². The molecule has 5 atom stereocenters. The van der Waals surface area contributed by atoms with Crippen LogP contribution in [0.15, 0.2) is 0 Å². The van der Waals surface area contributed by atoms with Crippen LogP contribution in [0.2, 0.25) is 0 Å². The van der Waals surface area contributed by atoms with Crippen molar-refractivity contribution in [2.45, 2.75) is 57.3 Å². The Bertz CT molecular complexity index is 380. The second-order valence-electron chi connectivity index (χ2n) is 6.80. The Morgan fingerprint density at radius 3 is 2.77 bits per heavy atom. The average molecular weight is 314 g/mol. The maximum Gasteiger partial charge on any atom is 0.150 e. The minimum atomic E-state index is -0.665. The zero-order valence-corrected chi connectivity index (χ0v) is 13.5. The van der Waals surface area contributed by atoms with E-state index in [9.17, 15) is 15.2 Å². The molecule has 3 N–H and O–H groups in total. The van der Waals surface area contributed by atoms with Crippen molar-refractivity contribution >= 4 is 5.78 Å². The van der Waals surface area contributed by atoms with Crippen molar-refractivity contribution < 1.29 is 14.7 Å². The Balaban J connectivity index is 1.92. The van der Waals surface area contributed by atoms with Crippen molar-refractivity contribution in [2.75, 3.05) is 20.2 Å². The van der Waals surface area contributed by atoms with Crippen LogP contribution in [0.25, 0.3) is 0 Å². The molecule has 0 aromatic carbocycles. The van der Waals surface area contributed by atoms with E-state index >= 15 is 0 Å². The molecule has 1 saturated carbocycles. The molecular formula is C15H28N3O4-. The van der Waals surface area contributed by atoms with Crippen molar-refractivity contribution in [3.8, 4) is 0 Å². The molecule has 0 aromatic rings. The molecule has 0 aromatic heterocycles. The quantitative estimate of drug-likeness (QED) is 0.728. The van der Waals surface area contributed by atoms with E-state index in [1.807, 2.05) is 4.90 Å². The predicted octanol–water partition coefficient (Wildman–Crippen LogP) is 0.945. The molecule has 128 valence electrons.